The van der Waals surface area contributed by atoms with E-state index in [1.54, 1.807) is 0 Å². The topological polar surface area (TPSA) is 94.6 Å². The molecule has 10 heteroatoms. The molecule has 0 radical (unpaired) electrons. The monoisotopic (exact) mass is 505 g/mol. The summed E-state index contributed by atoms with van der Waals surface area (Å²) in [5.74, 6) is -0.459. The summed E-state index contributed by atoms with van der Waals surface area (Å²) in [4.78, 5) is 19.2. The molecule has 1 aliphatic rings. The summed E-state index contributed by atoms with van der Waals surface area (Å²) < 4.78 is 40.9. The fraction of sp³-hybridized carbons (Fsp3) is 0.520. The third-order valence-corrected chi connectivity index (χ3v) is 8.37. The zero-order valence-electron chi connectivity index (χ0n) is 20.8. The number of sulfonamides is 1. The van der Waals surface area contributed by atoms with Crippen molar-refractivity contribution in [3.63, 3.8) is 0 Å². The number of likely N-dealkylation sites (tertiary alicyclic amines) is 1. The molecular formula is C25H36FN5O3S. The summed E-state index contributed by atoms with van der Waals surface area (Å²) in [6, 6.07) is 8.41. The molecule has 1 fully saturated rings. The Bertz CT molecular complexity index is 1060. The average Bonchev–Trinajstić information content (AvgIpc) is 2.85. The highest BCUT2D eigenvalue weighted by molar-refractivity contribution is 7.89. The molecule has 0 spiro atoms. The number of urea groups is 1. The van der Waals surface area contributed by atoms with Gasteiger partial charge in [-0.25, -0.2) is 17.6 Å². The summed E-state index contributed by atoms with van der Waals surface area (Å²) in [6.07, 6.45) is 3.02. The quantitative estimate of drug-likeness (QED) is 0.514. The van der Waals surface area contributed by atoms with E-state index in [9.17, 15) is 17.6 Å². The van der Waals surface area contributed by atoms with E-state index in [4.69, 9.17) is 0 Å². The first kappa shape index (κ1) is 27.0. The third kappa shape index (κ3) is 7.22. The Kier molecular flexibility index (Phi) is 9.59. The number of hydrogen-bond acceptors (Lipinski definition) is 5. The van der Waals surface area contributed by atoms with Gasteiger partial charge < -0.3 is 15.5 Å². The van der Waals surface area contributed by atoms with Crippen molar-refractivity contribution in [2.24, 2.45) is 0 Å². The number of piperidine rings is 1. The van der Waals surface area contributed by atoms with Gasteiger partial charge in [-0.05, 0) is 75.2 Å². The van der Waals surface area contributed by atoms with Gasteiger partial charge in [0, 0.05) is 42.8 Å². The minimum atomic E-state index is -3.67. The van der Waals surface area contributed by atoms with Crippen LogP contribution < -0.4 is 10.6 Å². The van der Waals surface area contributed by atoms with Crippen molar-refractivity contribution in [1.82, 2.24) is 19.5 Å². The summed E-state index contributed by atoms with van der Waals surface area (Å²) in [5, 5.41) is 5.79. The molecule has 2 heterocycles. The number of pyridine rings is 1. The predicted octanol–water partition coefficient (Wildman–Crippen LogP) is 3.64. The summed E-state index contributed by atoms with van der Waals surface area (Å²) >= 11 is 0. The van der Waals surface area contributed by atoms with Crippen LogP contribution >= 0.6 is 0 Å². The number of anilines is 1. The van der Waals surface area contributed by atoms with E-state index in [-0.39, 0.29) is 17.0 Å². The minimum absolute atomic E-state index is 0.102. The van der Waals surface area contributed by atoms with E-state index in [1.807, 2.05) is 32.9 Å². The molecule has 2 amide bonds. The van der Waals surface area contributed by atoms with Crippen molar-refractivity contribution in [2.45, 2.75) is 57.4 Å². The molecule has 1 aromatic heterocycles. The largest absolute Gasteiger partial charge is 0.337 e. The average molecular weight is 506 g/mol. The standard InChI is InChI=1S/C25H36FN5O3S/c1-4-20-17-22(18-21(5-2)28-20)29-25(32)27-13-16-30-14-11-23(12-15-30)31(6-3)35(33,34)24-9-7-19(26)8-10-24/h7-10,17-18,23H,4-6,11-16H2,1-3H3,(H2,27,28,29,32). The van der Waals surface area contributed by atoms with Crippen LogP contribution in [0, 0.1) is 5.82 Å². The lowest BCUT2D eigenvalue weighted by Crippen LogP contribution is -2.48. The number of aryl methyl sites for hydroxylation is 2. The van der Waals surface area contributed by atoms with Crippen molar-refractivity contribution in [1.29, 1.82) is 0 Å². The normalized spacial score (nSPS) is 15.3. The molecule has 1 aliphatic heterocycles. The molecule has 1 aromatic carbocycles. The van der Waals surface area contributed by atoms with E-state index in [0.29, 0.717) is 32.5 Å². The fourth-order valence-corrected chi connectivity index (χ4v) is 6.08. The molecule has 0 saturated carbocycles. The lowest BCUT2D eigenvalue weighted by Gasteiger charge is -2.37. The minimum Gasteiger partial charge on any atom is -0.337 e. The Balaban J connectivity index is 1.46. The van der Waals surface area contributed by atoms with Gasteiger partial charge in [0.1, 0.15) is 5.82 Å². The molecule has 192 valence electrons. The first-order valence-corrected chi connectivity index (χ1v) is 13.7. The van der Waals surface area contributed by atoms with Gasteiger partial charge in [-0.2, -0.15) is 4.31 Å². The van der Waals surface area contributed by atoms with Crippen LogP contribution in [0.4, 0.5) is 14.9 Å². The van der Waals surface area contributed by atoms with Crippen molar-refractivity contribution in [3.05, 3.63) is 53.6 Å². The Morgan fingerprint density at radius 2 is 1.69 bits per heavy atom. The zero-order chi connectivity index (χ0) is 25.4. The highest BCUT2D eigenvalue weighted by Crippen LogP contribution is 2.24. The van der Waals surface area contributed by atoms with Gasteiger partial charge in [-0.3, -0.25) is 4.98 Å². The predicted molar refractivity (Wildman–Crippen MR) is 135 cm³/mol. The van der Waals surface area contributed by atoms with Crippen molar-refractivity contribution in [3.8, 4) is 0 Å². The number of hydrogen-bond donors (Lipinski definition) is 2. The number of rotatable bonds is 10. The van der Waals surface area contributed by atoms with Gasteiger partial charge in [-0.1, -0.05) is 20.8 Å². The maximum Gasteiger partial charge on any atom is 0.319 e. The highest BCUT2D eigenvalue weighted by atomic mass is 32.2. The fourth-order valence-electron chi connectivity index (χ4n) is 4.38. The number of carbonyl (C=O) groups is 1. The molecular weight excluding hydrogens is 469 g/mol. The number of carbonyl (C=O) groups excluding carboxylic acids is 1. The van der Waals surface area contributed by atoms with Crippen LogP contribution in [0.1, 0.15) is 45.0 Å². The van der Waals surface area contributed by atoms with E-state index in [1.165, 1.54) is 28.6 Å². The number of halogens is 1. The number of nitrogens with one attached hydrogen (secondary N) is 2. The molecule has 2 aromatic rings. The van der Waals surface area contributed by atoms with Crippen LogP contribution in [-0.2, 0) is 22.9 Å². The summed E-state index contributed by atoms with van der Waals surface area (Å²) in [6.45, 7) is 8.93. The van der Waals surface area contributed by atoms with Crippen molar-refractivity contribution < 1.29 is 17.6 Å². The second-order valence-corrected chi connectivity index (χ2v) is 10.6. The third-order valence-electron chi connectivity index (χ3n) is 6.32. The van der Waals surface area contributed by atoms with Crippen molar-refractivity contribution in [2.75, 3.05) is 38.0 Å². The Morgan fingerprint density at radius 3 is 2.23 bits per heavy atom. The first-order valence-electron chi connectivity index (χ1n) is 12.3. The number of amides is 2. The second kappa shape index (κ2) is 12.4. The molecule has 0 unspecified atom stereocenters. The molecule has 1 saturated heterocycles. The van der Waals surface area contributed by atoms with E-state index in [0.717, 1.165) is 43.0 Å². The Labute approximate surface area is 208 Å². The van der Waals surface area contributed by atoms with E-state index >= 15 is 0 Å². The summed E-state index contributed by atoms with van der Waals surface area (Å²) in [7, 11) is -3.67. The molecule has 0 aliphatic carbocycles. The molecule has 2 N–H and O–H groups in total. The number of aromatic nitrogens is 1. The number of nitrogens with zero attached hydrogens (tertiary/aromatic N) is 3. The Morgan fingerprint density at radius 1 is 1.09 bits per heavy atom. The smallest absolute Gasteiger partial charge is 0.319 e. The van der Waals surface area contributed by atoms with E-state index < -0.39 is 15.8 Å². The zero-order valence-corrected chi connectivity index (χ0v) is 21.6. The maximum atomic E-state index is 13.2. The highest BCUT2D eigenvalue weighted by Gasteiger charge is 2.32. The van der Waals surface area contributed by atoms with Crippen molar-refractivity contribution >= 4 is 21.7 Å². The van der Waals surface area contributed by atoms with Gasteiger partial charge in [0.05, 0.1) is 4.90 Å². The summed E-state index contributed by atoms with van der Waals surface area (Å²) in [5.41, 5.74) is 2.64. The molecule has 8 nitrogen and oxygen atoms in total. The van der Waals surface area contributed by atoms with E-state index in [2.05, 4.69) is 20.5 Å². The second-order valence-electron chi connectivity index (χ2n) is 8.66. The van der Waals surface area contributed by atoms with Gasteiger partial charge in [-0.15, -0.1) is 0 Å². The molecule has 0 bridgehead atoms. The van der Waals surface area contributed by atoms with Crippen LogP contribution in [-0.4, -0.2) is 67.4 Å². The first-order chi connectivity index (χ1) is 16.8. The molecule has 35 heavy (non-hydrogen) atoms. The lowest BCUT2D eigenvalue weighted by atomic mass is 10.1. The van der Waals surface area contributed by atoms with Gasteiger partial charge in [0.2, 0.25) is 10.0 Å². The van der Waals surface area contributed by atoms with Crippen LogP contribution in [0.3, 0.4) is 0 Å². The lowest BCUT2D eigenvalue weighted by molar-refractivity contribution is 0.162. The Hall–Kier alpha value is -2.56. The van der Waals surface area contributed by atoms with Crippen LogP contribution in [0.5, 0.6) is 0 Å². The van der Waals surface area contributed by atoms with Gasteiger partial charge >= 0.3 is 6.03 Å². The SMILES string of the molecule is CCc1cc(NC(=O)NCCN2CCC(N(CC)S(=O)(=O)c3ccc(F)cc3)CC2)cc(CC)n1. The van der Waals surface area contributed by atoms with Gasteiger partial charge in [0.25, 0.3) is 0 Å². The van der Waals surface area contributed by atoms with Crippen LogP contribution in [0.15, 0.2) is 41.3 Å². The molecule has 0 atom stereocenters. The van der Waals surface area contributed by atoms with Gasteiger partial charge in [0.15, 0.2) is 0 Å². The number of benzene rings is 1. The molecule has 3 rings (SSSR count). The van der Waals surface area contributed by atoms with Crippen LogP contribution in [0.2, 0.25) is 0 Å². The van der Waals surface area contributed by atoms with Crippen LogP contribution in [0.25, 0.3) is 0 Å². The maximum absolute atomic E-state index is 13.2.